The highest BCUT2D eigenvalue weighted by molar-refractivity contribution is 7.11. The van der Waals surface area contributed by atoms with Crippen LogP contribution in [0.1, 0.15) is 5.56 Å². The van der Waals surface area contributed by atoms with Crippen molar-refractivity contribution in [1.29, 1.82) is 0 Å². The van der Waals surface area contributed by atoms with Crippen LogP contribution in [0.5, 0.6) is 0 Å². The van der Waals surface area contributed by atoms with Gasteiger partial charge in [0.25, 0.3) is 0 Å². The molecule has 0 spiro atoms. The summed E-state index contributed by atoms with van der Waals surface area (Å²) >= 11 is 1.45. The van der Waals surface area contributed by atoms with E-state index in [0.29, 0.717) is 13.0 Å². The van der Waals surface area contributed by atoms with Crippen LogP contribution in [0, 0.1) is 5.82 Å². The van der Waals surface area contributed by atoms with Gasteiger partial charge in [-0.25, -0.2) is 4.39 Å². The van der Waals surface area contributed by atoms with E-state index < -0.39 is 0 Å². The molecule has 0 atom stereocenters. The average molecular weight is 272 g/mol. The summed E-state index contributed by atoms with van der Waals surface area (Å²) in [7, 11) is 0. The smallest absolute Gasteiger partial charge is 0.126 e. The molecule has 0 saturated carbocycles. The van der Waals surface area contributed by atoms with Gasteiger partial charge < -0.3 is 5.32 Å². The molecule has 0 aliphatic carbocycles. The van der Waals surface area contributed by atoms with Gasteiger partial charge in [0.1, 0.15) is 10.8 Å². The van der Waals surface area contributed by atoms with Crippen LogP contribution in [-0.2, 0) is 6.42 Å². The van der Waals surface area contributed by atoms with E-state index in [1.165, 1.54) is 17.6 Å². The van der Waals surface area contributed by atoms with Crippen LogP contribution in [0.25, 0.3) is 10.9 Å². The molecule has 0 bridgehead atoms. The molecule has 1 N–H and O–H groups in total. The molecule has 1 aromatic heterocycles. The van der Waals surface area contributed by atoms with Crippen LogP contribution in [0.4, 0.5) is 9.39 Å². The highest BCUT2D eigenvalue weighted by Crippen LogP contribution is 2.27. The third-order valence-corrected chi connectivity index (χ3v) is 3.86. The molecule has 2 aromatic carbocycles. The van der Waals surface area contributed by atoms with Crippen molar-refractivity contribution in [3.05, 3.63) is 59.9 Å². The second kappa shape index (κ2) is 5.36. The molecule has 0 aliphatic heterocycles. The van der Waals surface area contributed by atoms with E-state index in [1.54, 1.807) is 6.07 Å². The second-order valence-corrected chi connectivity index (χ2v) is 5.07. The Morgan fingerprint density at radius 2 is 1.84 bits per heavy atom. The molecular weight excluding hydrogens is 259 g/mol. The van der Waals surface area contributed by atoms with Crippen molar-refractivity contribution in [2.75, 3.05) is 11.9 Å². The van der Waals surface area contributed by atoms with Gasteiger partial charge in [-0.3, -0.25) is 0 Å². The van der Waals surface area contributed by atoms with E-state index in [2.05, 4.69) is 9.69 Å². The Kier molecular flexibility index (Phi) is 3.42. The molecule has 0 aliphatic rings. The SMILES string of the molecule is Fc1ccccc1CCNc1snc2ccccc12. The first kappa shape index (κ1) is 12.1. The van der Waals surface area contributed by atoms with E-state index in [9.17, 15) is 4.39 Å². The first-order valence-corrected chi connectivity index (χ1v) is 6.93. The minimum Gasteiger partial charge on any atom is -0.375 e. The maximum Gasteiger partial charge on any atom is 0.126 e. The Morgan fingerprint density at radius 3 is 2.74 bits per heavy atom. The Hall–Kier alpha value is -1.94. The monoisotopic (exact) mass is 272 g/mol. The lowest BCUT2D eigenvalue weighted by Gasteiger charge is -2.05. The minimum absolute atomic E-state index is 0.140. The zero-order valence-electron chi connectivity index (χ0n) is 10.3. The Labute approximate surface area is 115 Å². The van der Waals surface area contributed by atoms with Crippen LogP contribution < -0.4 is 5.32 Å². The predicted octanol–water partition coefficient (Wildman–Crippen LogP) is 4.09. The van der Waals surface area contributed by atoms with Gasteiger partial charge in [-0.15, -0.1) is 0 Å². The molecule has 4 heteroatoms. The van der Waals surface area contributed by atoms with Gasteiger partial charge >= 0.3 is 0 Å². The summed E-state index contributed by atoms with van der Waals surface area (Å²) in [4.78, 5) is 0. The lowest BCUT2D eigenvalue weighted by atomic mass is 10.1. The summed E-state index contributed by atoms with van der Waals surface area (Å²) in [6.07, 6.45) is 0.666. The number of aromatic nitrogens is 1. The van der Waals surface area contributed by atoms with Gasteiger partial charge in [0.2, 0.25) is 0 Å². The Balaban J connectivity index is 1.68. The minimum atomic E-state index is -0.140. The van der Waals surface area contributed by atoms with Crippen LogP contribution >= 0.6 is 11.5 Å². The fourth-order valence-corrected chi connectivity index (χ4v) is 2.81. The normalized spacial score (nSPS) is 10.8. The maximum atomic E-state index is 13.5. The van der Waals surface area contributed by atoms with E-state index in [0.717, 1.165) is 21.5 Å². The highest BCUT2D eigenvalue weighted by atomic mass is 32.1. The van der Waals surface area contributed by atoms with E-state index >= 15 is 0 Å². The van der Waals surface area contributed by atoms with Gasteiger partial charge in [-0.1, -0.05) is 30.3 Å². The van der Waals surface area contributed by atoms with Crippen LogP contribution in [0.15, 0.2) is 48.5 Å². The van der Waals surface area contributed by atoms with Crippen molar-refractivity contribution in [3.63, 3.8) is 0 Å². The average Bonchev–Trinajstić information content (AvgIpc) is 2.85. The topological polar surface area (TPSA) is 24.9 Å². The molecular formula is C15H13FN2S. The summed E-state index contributed by atoms with van der Waals surface area (Å²) in [5, 5.41) is 5.51. The number of halogens is 1. The molecule has 0 unspecified atom stereocenters. The summed E-state index contributed by atoms with van der Waals surface area (Å²) in [6, 6.07) is 14.9. The zero-order valence-corrected chi connectivity index (χ0v) is 11.1. The van der Waals surface area contributed by atoms with Crippen molar-refractivity contribution in [1.82, 2.24) is 4.37 Å². The molecule has 19 heavy (non-hydrogen) atoms. The van der Waals surface area contributed by atoms with Gasteiger partial charge in [-0.05, 0) is 41.7 Å². The predicted molar refractivity (Wildman–Crippen MR) is 78.2 cm³/mol. The molecule has 3 aromatic rings. The number of nitrogens with zero attached hydrogens (tertiary/aromatic N) is 1. The largest absolute Gasteiger partial charge is 0.375 e. The van der Waals surface area contributed by atoms with E-state index in [1.807, 2.05) is 36.4 Å². The standard InChI is InChI=1S/C15H13FN2S/c16-13-7-3-1-5-11(13)9-10-17-15-12-6-2-4-8-14(12)18-19-15/h1-8,17H,9-10H2. The number of nitrogens with one attached hydrogen (secondary N) is 1. The summed E-state index contributed by atoms with van der Waals surface area (Å²) in [6.45, 7) is 0.702. The molecule has 96 valence electrons. The first-order chi connectivity index (χ1) is 9.34. The van der Waals surface area contributed by atoms with Crippen molar-refractivity contribution < 1.29 is 4.39 Å². The lowest BCUT2D eigenvalue weighted by Crippen LogP contribution is -2.05. The van der Waals surface area contributed by atoms with Crippen molar-refractivity contribution >= 4 is 27.4 Å². The van der Waals surface area contributed by atoms with Crippen LogP contribution in [0.2, 0.25) is 0 Å². The fraction of sp³-hybridized carbons (Fsp3) is 0.133. The van der Waals surface area contributed by atoms with Gasteiger partial charge in [0.15, 0.2) is 0 Å². The number of fused-ring (bicyclic) bond motifs is 1. The summed E-state index contributed by atoms with van der Waals surface area (Å²) in [5.74, 6) is -0.140. The molecule has 0 fully saturated rings. The maximum absolute atomic E-state index is 13.5. The molecule has 1 heterocycles. The number of hydrogen-bond acceptors (Lipinski definition) is 3. The highest BCUT2D eigenvalue weighted by Gasteiger charge is 2.05. The number of hydrogen-bond donors (Lipinski definition) is 1. The van der Waals surface area contributed by atoms with E-state index in [-0.39, 0.29) is 5.82 Å². The summed E-state index contributed by atoms with van der Waals surface area (Å²) < 4.78 is 17.8. The Bertz CT molecular complexity index is 693. The first-order valence-electron chi connectivity index (χ1n) is 6.16. The quantitative estimate of drug-likeness (QED) is 0.773. The lowest BCUT2D eigenvalue weighted by molar-refractivity contribution is 0.610. The fourth-order valence-electron chi connectivity index (χ4n) is 2.03. The van der Waals surface area contributed by atoms with Crippen molar-refractivity contribution in [2.24, 2.45) is 0 Å². The van der Waals surface area contributed by atoms with Crippen LogP contribution in [0.3, 0.4) is 0 Å². The number of rotatable bonds is 4. The van der Waals surface area contributed by atoms with Gasteiger partial charge in [0.05, 0.1) is 5.52 Å². The number of anilines is 1. The number of benzene rings is 2. The third-order valence-electron chi connectivity index (χ3n) is 3.02. The van der Waals surface area contributed by atoms with E-state index in [4.69, 9.17) is 0 Å². The van der Waals surface area contributed by atoms with Gasteiger partial charge in [-0.2, -0.15) is 4.37 Å². The molecule has 0 saturated heterocycles. The molecule has 3 rings (SSSR count). The molecule has 2 nitrogen and oxygen atoms in total. The summed E-state index contributed by atoms with van der Waals surface area (Å²) in [5.41, 5.74) is 1.74. The van der Waals surface area contributed by atoms with Crippen molar-refractivity contribution in [3.8, 4) is 0 Å². The molecule has 0 amide bonds. The second-order valence-electron chi connectivity index (χ2n) is 4.30. The Morgan fingerprint density at radius 1 is 1.05 bits per heavy atom. The third kappa shape index (κ3) is 2.58. The molecule has 0 radical (unpaired) electrons. The van der Waals surface area contributed by atoms with Crippen molar-refractivity contribution in [2.45, 2.75) is 6.42 Å². The van der Waals surface area contributed by atoms with Gasteiger partial charge in [0, 0.05) is 11.9 Å². The zero-order chi connectivity index (χ0) is 13.1. The van der Waals surface area contributed by atoms with Crippen LogP contribution in [-0.4, -0.2) is 10.9 Å².